The highest BCUT2D eigenvalue weighted by Gasteiger charge is 2.47. The van der Waals surface area contributed by atoms with Gasteiger partial charge >= 0.3 is 0 Å². The molecule has 0 bridgehead atoms. The standard InChI is InChI=1S/C27H28N2O2/c1-28-24-13-12-21(20-10-6-3-7-11-20)17-23(24)27-22(25(28)18-30)14-15-29(27)26(31)16-19-8-4-2-5-9-19/h2-13,17,22,25,27,30H,14-16,18H2,1H3/t22-,25+,27-/m0/s1. The minimum absolute atomic E-state index is 0.00299. The van der Waals surface area contributed by atoms with E-state index >= 15 is 0 Å². The largest absolute Gasteiger partial charge is 0.394 e. The van der Waals surface area contributed by atoms with Crippen LogP contribution in [0.15, 0.2) is 78.9 Å². The summed E-state index contributed by atoms with van der Waals surface area (Å²) in [7, 11) is 2.06. The molecule has 0 aliphatic carbocycles. The molecule has 3 atom stereocenters. The van der Waals surface area contributed by atoms with E-state index in [2.05, 4.69) is 59.3 Å². The Kier molecular flexibility index (Phi) is 5.24. The van der Waals surface area contributed by atoms with E-state index in [-0.39, 0.29) is 30.5 Å². The van der Waals surface area contributed by atoms with Crippen LogP contribution in [0.3, 0.4) is 0 Å². The first-order chi connectivity index (χ1) is 15.2. The Morgan fingerprint density at radius 3 is 2.39 bits per heavy atom. The number of rotatable bonds is 4. The highest BCUT2D eigenvalue weighted by Crippen LogP contribution is 2.49. The van der Waals surface area contributed by atoms with Crippen molar-refractivity contribution in [1.29, 1.82) is 0 Å². The molecule has 1 saturated heterocycles. The normalized spacial score (nSPS) is 22.2. The molecule has 1 amide bonds. The zero-order chi connectivity index (χ0) is 21.4. The summed E-state index contributed by atoms with van der Waals surface area (Å²) in [6, 6.07) is 26.9. The number of benzene rings is 3. The molecular formula is C27H28N2O2. The van der Waals surface area contributed by atoms with Crippen molar-refractivity contribution in [3.8, 4) is 11.1 Å². The van der Waals surface area contributed by atoms with E-state index < -0.39 is 0 Å². The van der Waals surface area contributed by atoms with Gasteiger partial charge in [0, 0.05) is 25.2 Å². The summed E-state index contributed by atoms with van der Waals surface area (Å²) in [4.78, 5) is 17.6. The molecule has 3 aromatic carbocycles. The van der Waals surface area contributed by atoms with Gasteiger partial charge in [0.05, 0.1) is 25.1 Å². The number of likely N-dealkylation sites (tertiary alicyclic amines) is 1. The molecule has 5 rings (SSSR count). The summed E-state index contributed by atoms with van der Waals surface area (Å²) < 4.78 is 0. The van der Waals surface area contributed by atoms with Crippen LogP contribution < -0.4 is 4.90 Å². The molecule has 158 valence electrons. The topological polar surface area (TPSA) is 43.8 Å². The van der Waals surface area contributed by atoms with Crippen molar-refractivity contribution in [1.82, 2.24) is 4.90 Å². The highest BCUT2D eigenvalue weighted by atomic mass is 16.3. The second kappa shape index (κ2) is 8.20. The van der Waals surface area contributed by atoms with Crippen molar-refractivity contribution in [3.05, 3.63) is 90.0 Å². The molecule has 0 spiro atoms. The SMILES string of the molecule is CN1c2ccc(-c3ccccc3)cc2[C@@H]2[C@@H](CCN2C(=O)Cc2ccccc2)[C@H]1CO. The van der Waals surface area contributed by atoms with E-state index in [1.807, 2.05) is 36.4 Å². The van der Waals surface area contributed by atoms with Crippen LogP contribution in [-0.2, 0) is 11.2 Å². The monoisotopic (exact) mass is 412 g/mol. The molecule has 31 heavy (non-hydrogen) atoms. The third-order valence-electron chi connectivity index (χ3n) is 6.98. The van der Waals surface area contributed by atoms with Crippen molar-refractivity contribution in [2.75, 3.05) is 25.1 Å². The van der Waals surface area contributed by atoms with Gasteiger partial charge in [-0.15, -0.1) is 0 Å². The maximum Gasteiger partial charge on any atom is 0.227 e. The van der Waals surface area contributed by atoms with Crippen LogP contribution in [-0.4, -0.2) is 42.2 Å². The lowest BCUT2D eigenvalue weighted by Crippen LogP contribution is -2.48. The molecular weight excluding hydrogens is 384 g/mol. The van der Waals surface area contributed by atoms with Crippen LogP contribution >= 0.6 is 0 Å². The number of hydrogen-bond acceptors (Lipinski definition) is 3. The fourth-order valence-corrected chi connectivity index (χ4v) is 5.42. The number of carbonyl (C=O) groups excluding carboxylic acids is 1. The first-order valence-electron chi connectivity index (χ1n) is 11.0. The van der Waals surface area contributed by atoms with Crippen LogP contribution in [0, 0.1) is 5.92 Å². The van der Waals surface area contributed by atoms with Gasteiger partial charge in [-0.05, 0) is 40.8 Å². The molecule has 4 heteroatoms. The first kappa shape index (κ1) is 19.8. The third kappa shape index (κ3) is 3.51. The maximum atomic E-state index is 13.4. The van der Waals surface area contributed by atoms with Crippen LogP contribution in [0.1, 0.15) is 23.6 Å². The van der Waals surface area contributed by atoms with E-state index in [4.69, 9.17) is 0 Å². The number of anilines is 1. The van der Waals surface area contributed by atoms with Crippen LogP contribution in [0.5, 0.6) is 0 Å². The molecule has 1 fully saturated rings. The first-order valence-corrected chi connectivity index (χ1v) is 11.0. The molecule has 1 N–H and O–H groups in total. The molecule has 0 radical (unpaired) electrons. The second-order valence-corrected chi connectivity index (χ2v) is 8.65. The molecule has 4 nitrogen and oxygen atoms in total. The Labute approximate surface area is 183 Å². The fraction of sp³-hybridized carbons (Fsp3) is 0.296. The van der Waals surface area contributed by atoms with Gasteiger partial charge in [0.15, 0.2) is 0 Å². The quantitative estimate of drug-likeness (QED) is 0.695. The molecule has 2 aliphatic rings. The Morgan fingerprint density at radius 1 is 0.968 bits per heavy atom. The number of carbonyl (C=O) groups is 1. The van der Waals surface area contributed by atoms with E-state index in [9.17, 15) is 9.90 Å². The zero-order valence-electron chi connectivity index (χ0n) is 17.8. The van der Waals surface area contributed by atoms with Gasteiger partial charge in [-0.25, -0.2) is 0 Å². The summed E-state index contributed by atoms with van der Waals surface area (Å²) in [6.45, 7) is 0.832. The van der Waals surface area contributed by atoms with E-state index in [1.165, 1.54) is 11.1 Å². The van der Waals surface area contributed by atoms with Crippen molar-refractivity contribution in [3.63, 3.8) is 0 Å². The van der Waals surface area contributed by atoms with Gasteiger partial charge in [-0.1, -0.05) is 66.7 Å². The van der Waals surface area contributed by atoms with Crippen molar-refractivity contribution in [2.24, 2.45) is 5.92 Å². The summed E-state index contributed by atoms with van der Waals surface area (Å²) >= 11 is 0. The average Bonchev–Trinajstić information content (AvgIpc) is 3.26. The lowest BCUT2D eigenvalue weighted by Gasteiger charge is -2.44. The Balaban J connectivity index is 1.54. The van der Waals surface area contributed by atoms with E-state index in [1.54, 1.807) is 0 Å². The number of aliphatic hydroxyl groups excluding tert-OH is 1. The highest BCUT2D eigenvalue weighted by molar-refractivity contribution is 5.81. The second-order valence-electron chi connectivity index (χ2n) is 8.65. The van der Waals surface area contributed by atoms with E-state index in [0.717, 1.165) is 29.8 Å². The lowest BCUT2D eigenvalue weighted by atomic mass is 9.81. The van der Waals surface area contributed by atoms with Gasteiger partial charge in [-0.2, -0.15) is 0 Å². The minimum Gasteiger partial charge on any atom is -0.394 e. The molecule has 3 aromatic rings. The Hall–Kier alpha value is -3.11. The van der Waals surface area contributed by atoms with Gasteiger partial charge in [0.25, 0.3) is 0 Å². The van der Waals surface area contributed by atoms with Crippen LogP contribution in [0.2, 0.25) is 0 Å². The molecule has 2 aliphatic heterocycles. The van der Waals surface area contributed by atoms with Crippen LogP contribution in [0.4, 0.5) is 5.69 Å². The molecule has 0 unspecified atom stereocenters. The summed E-state index contributed by atoms with van der Waals surface area (Å²) in [5, 5.41) is 10.2. The van der Waals surface area contributed by atoms with Gasteiger partial charge in [0.2, 0.25) is 5.91 Å². The number of fused-ring (bicyclic) bond motifs is 3. The number of hydrogen-bond donors (Lipinski definition) is 1. The number of likely N-dealkylation sites (N-methyl/N-ethyl adjacent to an activating group) is 1. The van der Waals surface area contributed by atoms with Gasteiger partial charge in [0.1, 0.15) is 0 Å². The zero-order valence-corrected chi connectivity index (χ0v) is 17.8. The van der Waals surface area contributed by atoms with Crippen molar-refractivity contribution < 1.29 is 9.90 Å². The third-order valence-corrected chi connectivity index (χ3v) is 6.98. The summed E-state index contributed by atoms with van der Waals surface area (Å²) in [5.41, 5.74) is 5.68. The molecule has 2 heterocycles. The molecule has 0 saturated carbocycles. The average molecular weight is 413 g/mol. The van der Waals surface area contributed by atoms with Crippen LogP contribution in [0.25, 0.3) is 11.1 Å². The van der Waals surface area contributed by atoms with Crippen molar-refractivity contribution >= 4 is 11.6 Å². The predicted molar refractivity (Wildman–Crippen MR) is 124 cm³/mol. The smallest absolute Gasteiger partial charge is 0.227 e. The number of aliphatic hydroxyl groups is 1. The predicted octanol–water partition coefficient (Wildman–Crippen LogP) is 4.30. The molecule has 0 aromatic heterocycles. The van der Waals surface area contributed by atoms with Gasteiger partial charge in [-0.3, -0.25) is 4.79 Å². The van der Waals surface area contributed by atoms with Crippen molar-refractivity contribution in [2.45, 2.75) is 24.9 Å². The van der Waals surface area contributed by atoms with E-state index in [0.29, 0.717) is 6.42 Å². The Morgan fingerprint density at radius 2 is 1.68 bits per heavy atom. The van der Waals surface area contributed by atoms with Gasteiger partial charge < -0.3 is 14.9 Å². The Bertz CT molecular complexity index is 1070. The summed E-state index contributed by atoms with van der Waals surface area (Å²) in [5.74, 6) is 0.393. The lowest BCUT2D eigenvalue weighted by molar-refractivity contribution is -0.132. The summed E-state index contributed by atoms with van der Waals surface area (Å²) in [6.07, 6.45) is 1.33. The fourth-order valence-electron chi connectivity index (χ4n) is 5.42. The minimum atomic E-state index is 0.00299. The number of amides is 1. The maximum absolute atomic E-state index is 13.4. The number of nitrogens with zero attached hydrogens (tertiary/aromatic N) is 2.